The van der Waals surface area contributed by atoms with Crippen molar-refractivity contribution < 1.29 is 23.9 Å². The summed E-state index contributed by atoms with van der Waals surface area (Å²) in [5, 5.41) is 17.0. The Hall–Kier alpha value is -3.93. The smallest absolute Gasteiger partial charge is 0.325 e. The van der Waals surface area contributed by atoms with Crippen LogP contribution in [0, 0.1) is 10.1 Å². The van der Waals surface area contributed by atoms with Crippen LogP contribution in [0.15, 0.2) is 46.3 Å². The number of hydrogen-bond donors (Lipinski definition) is 1. The normalized spacial score (nSPS) is 15.7. The maximum atomic E-state index is 13.2. The van der Waals surface area contributed by atoms with E-state index in [-0.39, 0.29) is 35.4 Å². The molecule has 1 aromatic heterocycles. The van der Waals surface area contributed by atoms with Crippen molar-refractivity contribution in [3.8, 4) is 22.8 Å². The molecule has 12 heteroatoms. The van der Waals surface area contributed by atoms with E-state index >= 15 is 0 Å². The topological polar surface area (TPSA) is 132 Å². The lowest BCUT2D eigenvalue weighted by molar-refractivity contribution is -0.763. The van der Waals surface area contributed by atoms with Crippen molar-refractivity contribution in [2.24, 2.45) is 0 Å². The first-order chi connectivity index (χ1) is 15.9. The molecular formula is C21H18N5O6S+. The van der Waals surface area contributed by atoms with Gasteiger partial charge in [-0.05, 0) is 22.6 Å². The molecule has 1 N–H and O–H groups in total. The van der Waals surface area contributed by atoms with Gasteiger partial charge in [-0.3, -0.25) is 24.7 Å². The number of thioether (sulfide) groups is 1. The number of amides is 1. The van der Waals surface area contributed by atoms with Gasteiger partial charge < -0.3 is 9.47 Å². The van der Waals surface area contributed by atoms with Gasteiger partial charge in [-0.1, -0.05) is 30.8 Å². The number of nitrogens with zero attached hydrogens (tertiary/aromatic N) is 4. The molecule has 2 aliphatic rings. The second kappa shape index (κ2) is 7.89. The average molecular weight is 468 g/mol. The zero-order valence-corrected chi connectivity index (χ0v) is 18.4. The lowest BCUT2D eigenvalue weighted by Gasteiger charge is -2.31. The van der Waals surface area contributed by atoms with Gasteiger partial charge in [0, 0.05) is 18.1 Å². The number of nitro groups is 1. The quantitative estimate of drug-likeness (QED) is 0.267. The summed E-state index contributed by atoms with van der Waals surface area (Å²) in [7, 11) is 0. The van der Waals surface area contributed by atoms with Gasteiger partial charge in [0.25, 0.3) is 11.9 Å². The lowest BCUT2D eigenvalue weighted by atomic mass is 10.00. The van der Waals surface area contributed by atoms with Gasteiger partial charge in [0.1, 0.15) is 5.56 Å². The number of nitrogens with one attached hydrogen (secondary N) is 1. The Bertz CT molecular complexity index is 1370. The fourth-order valence-electron chi connectivity index (χ4n) is 4.11. The number of aromatic amines is 1. The molecular weight excluding hydrogens is 450 g/mol. The van der Waals surface area contributed by atoms with Crippen LogP contribution in [0.4, 0.5) is 11.4 Å². The third-order valence-electron chi connectivity index (χ3n) is 5.38. The van der Waals surface area contributed by atoms with E-state index in [0.29, 0.717) is 27.9 Å². The summed E-state index contributed by atoms with van der Waals surface area (Å²) < 4.78 is 12.1. The zero-order valence-electron chi connectivity index (χ0n) is 17.6. The van der Waals surface area contributed by atoms with Crippen molar-refractivity contribution in [1.82, 2.24) is 10.1 Å². The molecule has 0 bridgehead atoms. The van der Waals surface area contributed by atoms with Crippen LogP contribution in [-0.2, 0) is 4.79 Å². The molecule has 168 valence electrons. The summed E-state index contributed by atoms with van der Waals surface area (Å²) in [6.45, 7) is 3.20. The van der Waals surface area contributed by atoms with Crippen molar-refractivity contribution >= 4 is 29.0 Å². The summed E-state index contributed by atoms with van der Waals surface area (Å²) in [6, 6.07) is 9.63. The Morgan fingerprint density at radius 2 is 2.06 bits per heavy atom. The Kier molecular flexibility index (Phi) is 5.01. The van der Waals surface area contributed by atoms with Gasteiger partial charge in [-0.25, -0.2) is 4.90 Å². The highest BCUT2D eigenvalue weighted by Crippen LogP contribution is 2.44. The SMILES string of the molecule is CCSc1n[n+]2c(c(=O)[nH]1)-c1ccccc1N(C(C)=O)[C@H]2c1cc2c(cc1[N+](=O)[O-])OCO2. The fourth-order valence-corrected chi connectivity index (χ4v) is 4.69. The van der Waals surface area contributed by atoms with E-state index in [4.69, 9.17) is 9.47 Å². The molecule has 0 fully saturated rings. The highest BCUT2D eigenvalue weighted by molar-refractivity contribution is 7.99. The molecule has 3 aromatic rings. The highest BCUT2D eigenvalue weighted by Gasteiger charge is 2.48. The number of para-hydroxylation sites is 1. The van der Waals surface area contributed by atoms with E-state index < -0.39 is 16.6 Å². The molecule has 0 saturated heterocycles. The van der Waals surface area contributed by atoms with E-state index in [1.807, 2.05) is 6.92 Å². The molecule has 0 saturated carbocycles. The predicted octanol–water partition coefficient (Wildman–Crippen LogP) is 2.39. The number of rotatable bonds is 4. The highest BCUT2D eigenvalue weighted by atomic mass is 32.2. The molecule has 0 unspecified atom stereocenters. The van der Waals surface area contributed by atoms with Crippen LogP contribution in [0.2, 0.25) is 0 Å². The molecule has 33 heavy (non-hydrogen) atoms. The van der Waals surface area contributed by atoms with Gasteiger partial charge in [0.2, 0.25) is 17.9 Å². The van der Waals surface area contributed by atoms with Gasteiger partial charge in [-0.15, -0.1) is 0 Å². The van der Waals surface area contributed by atoms with E-state index in [9.17, 15) is 19.7 Å². The van der Waals surface area contributed by atoms with Crippen molar-refractivity contribution in [3.05, 3.63) is 62.4 Å². The summed E-state index contributed by atoms with van der Waals surface area (Å²) in [6.07, 6.45) is -1.10. The maximum absolute atomic E-state index is 13.2. The number of carbonyl (C=O) groups is 1. The Balaban J connectivity index is 1.87. The number of hydrogen-bond acceptors (Lipinski definition) is 8. The summed E-state index contributed by atoms with van der Waals surface area (Å²) in [5.41, 5.74) is 0.593. The first-order valence-corrected chi connectivity index (χ1v) is 11.0. The van der Waals surface area contributed by atoms with Crippen LogP contribution in [0.1, 0.15) is 25.6 Å². The number of fused-ring (bicyclic) bond motifs is 4. The van der Waals surface area contributed by atoms with Crippen molar-refractivity contribution in [2.45, 2.75) is 25.2 Å². The van der Waals surface area contributed by atoms with Gasteiger partial charge in [0.05, 0.1) is 22.2 Å². The Morgan fingerprint density at radius 1 is 1.33 bits per heavy atom. The van der Waals surface area contributed by atoms with E-state index in [2.05, 4.69) is 10.1 Å². The third kappa shape index (κ3) is 3.30. The average Bonchev–Trinajstić information content (AvgIpc) is 3.24. The fraction of sp³-hybridized carbons (Fsp3) is 0.238. The van der Waals surface area contributed by atoms with Gasteiger partial charge in [-0.2, -0.15) is 0 Å². The summed E-state index contributed by atoms with van der Waals surface area (Å²) in [5.74, 6) is 0.823. The Morgan fingerprint density at radius 3 is 2.76 bits per heavy atom. The first kappa shape index (κ1) is 20.9. The zero-order chi connectivity index (χ0) is 23.3. The maximum Gasteiger partial charge on any atom is 0.325 e. The number of aromatic nitrogens is 3. The van der Waals surface area contributed by atoms with Crippen molar-refractivity contribution in [1.29, 1.82) is 0 Å². The summed E-state index contributed by atoms with van der Waals surface area (Å²) in [4.78, 5) is 41.8. The minimum absolute atomic E-state index is 0.0706. The predicted molar refractivity (Wildman–Crippen MR) is 117 cm³/mol. The second-order valence-corrected chi connectivity index (χ2v) is 8.54. The monoisotopic (exact) mass is 468 g/mol. The van der Waals surface area contributed by atoms with Crippen LogP contribution in [-0.4, -0.2) is 33.5 Å². The van der Waals surface area contributed by atoms with E-state index in [1.165, 1.54) is 40.4 Å². The number of ether oxygens (including phenoxy) is 2. The molecule has 3 heterocycles. The molecule has 11 nitrogen and oxygen atoms in total. The third-order valence-corrected chi connectivity index (χ3v) is 6.12. The molecule has 1 amide bonds. The largest absolute Gasteiger partial charge is 0.454 e. The lowest BCUT2D eigenvalue weighted by Crippen LogP contribution is -2.60. The van der Waals surface area contributed by atoms with Gasteiger partial charge >= 0.3 is 11.3 Å². The molecule has 0 radical (unpaired) electrons. The minimum atomic E-state index is -1.10. The van der Waals surface area contributed by atoms with Crippen LogP contribution < -0.4 is 24.6 Å². The Labute approximate surface area is 191 Å². The first-order valence-electron chi connectivity index (χ1n) is 10.1. The van der Waals surface area contributed by atoms with Crippen LogP contribution >= 0.6 is 11.8 Å². The number of H-pyrrole nitrogens is 1. The minimum Gasteiger partial charge on any atom is -0.454 e. The van der Waals surface area contributed by atoms with Crippen LogP contribution in [0.5, 0.6) is 11.5 Å². The summed E-state index contributed by atoms with van der Waals surface area (Å²) >= 11 is 1.31. The second-order valence-electron chi connectivity index (χ2n) is 7.29. The molecule has 0 spiro atoms. The van der Waals surface area contributed by atoms with E-state index in [1.54, 1.807) is 24.3 Å². The number of benzene rings is 2. The molecule has 2 aliphatic heterocycles. The van der Waals surface area contributed by atoms with Gasteiger partial charge in [0.15, 0.2) is 11.5 Å². The van der Waals surface area contributed by atoms with Crippen molar-refractivity contribution in [2.75, 3.05) is 17.4 Å². The van der Waals surface area contributed by atoms with Crippen molar-refractivity contribution in [3.63, 3.8) is 0 Å². The molecule has 2 aromatic carbocycles. The molecule has 1 atom stereocenters. The number of anilines is 1. The molecule has 5 rings (SSSR count). The van der Waals surface area contributed by atoms with E-state index in [0.717, 1.165) is 0 Å². The van der Waals surface area contributed by atoms with Crippen LogP contribution in [0.3, 0.4) is 0 Å². The standard InChI is InChI=1S/C21H17N5O6S/c1-3-33-21-22-19(28)18-12-6-4-5-7-14(12)24(11(2)27)20(25(18)23-21)13-8-16-17(32-10-31-16)9-15(13)26(29)30/h4-9,20H,3,10H2,1-2H3/p+1/t20-/m1/s1. The van der Waals surface area contributed by atoms with Crippen LogP contribution in [0.25, 0.3) is 11.3 Å². The molecule has 0 aliphatic carbocycles. The number of carbonyl (C=O) groups excluding carboxylic acids is 1. The number of nitro benzene ring substituents is 1.